The van der Waals surface area contributed by atoms with Gasteiger partial charge in [-0.3, -0.25) is 4.18 Å². The second-order valence-electron chi connectivity index (χ2n) is 4.23. The van der Waals surface area contributed by atoms with Crippen LogP contribution in [-0.4, -0.2) is 23.1 Å². The number of nitrogens with zero attached hydrogens (tertiary/aromatic N) is 1. The monoisotopic (exact) mass is 271 g/mol. The SMILES string of the molecule is C=CCS1(Cl)O[C@@H](c2ccccc2)C(C)N1C. The molecule has 3 atom stereocenters. The lowest BCUT2D eigenvalue weighted by Gasteiger charge is -2.33. The lowest BCUT2D eigenvalue weighted by Crippen LogP contribution is -2.25. The summed E-state index contributed by atoms with van der Waals surface area (Å²) in [7, 11) is 6.91. The van der Waals surface area contributed by atoms with Crippen molar-refractivity contribution in [2.75, 3.05) is 12.8 Å². The van der Waals surface area contributed by atoms with Crippen LogP contribution in [0.4, 0.5) is 0 Å². The van der Waals surface area contributed by atoms with E-state index in [1.165, 1.54) is 5.56 Å². The molecule has 1 saturated heterocycles. The van der Waals surface area contributed by atoms with Crippen LogP contribution >= 0.6 is 20.4 Å². The third-order valence-electron chi connectivity index (χ3n) is 3.14. The van der Waals surface area contributed by atoms with E-state index in [2.05, 4.69) is 29.9 Å². The molecule has 1 aliphatic heterocycles. The summed E-state index contributed by atoms with van der Waals surface area (Å²) in [6.45, 7) is 5.91. The van der Waals surface area contributed by atoms with E-state index in [9.17, 15) is 0 Å². The fraction of sp³-hybridized carbons (Fsp3) is 0.385. The van der Waals surface area contributed by atoms with Gasteiger partial charge in [0, 0.05) is 15.5 Å². The molecule has 1 heterocycles. The molecule has 1 fully saturated rings. The van der Waals surface area contributed by atoms with Crippen LogP contribution in [0.1, 0.15) is 18.6 Å². The number of rotatable bonds is 3. The molecule has 0 saturated carbocycles. The summed E-state index contributed by atoms with van der Waals surface area (Å²) in [4.78, 5) is 0. The van der Waals surface area contributed by atoms with Crippen LogP contribution < -0.4 is 0 Å². The van der Waals surface area contributed by atoms with E-state index in [0.717, 1.165) is 0 Å². The number of likely N-dealkylation sites (N-methyl/N-ethyl adjacent to an activating group) is 1. The Morgan fingerprint density at radius 1 is 1.47 bits per heavy atom. The Hall–Kier alpha value is -0.480. The second-order valence-corrected chi connectivity index (χ2v) is 7.91. The van der Waals surface area contributed by atoms with Crippen molar-refractivity contribution in [3.63, 3.8) is 0 Å². The van der Waals surface area contributed by atoms with Crippen LogP contribution in [0.15, 0.2) is 43.0 Å². The van der Waals surface area contributed by atoms with Crippen LogP contribution in [0.25, 0.3) is 0 Å². The summed E-state index contributed by atoms with van der Waals surface area (Å²) in [5.74, 6) is 0.693. The highest BCUT2D eigenvalue weighted by molar-refractivity contribution is 8.46. The molecule has 1 aliphatic rings. The molecule has 0 spiro atoms. The first-order valence-electron chi connectivity index (χ1n) is 5.66. The van der Waals surface area contributed by atoms with Gasteiger partial charge in [0.1, 0.15) is 6.10 Å². The molecule has 2 unspecified atom stereocenters. The summed E-state index contributed by atoms with van der Waals surface area (Å²) in [6, 6.07) is 10.5. The summed E-state index contributed by atoms with van der Waals surface area (Å²) >= 11 is 0. The fourth-order valence-corrected chi connectivity index (χ4v) is 4.84. The van der Waals surface area contributed by atoms with Crippen molar-refractivity contribution >= 4 is 20.4 Å². The van der Waals surface area contributed by atoms with Gasteiger partial charge in [-0.05, 0) is 30.2 Å². The zero-order chi connectivity index (χ0) is 12.5. The Labute approximate surface area is 109 Å². The van der Waals surface area contributed by atoms with Crippen molar-refractivity contribution < 1.29 is 4.18 Å². The average Bonchev–Trinajstić information content (AvgIpc) is 2.56. The Balaban J connectivity index is 2.25. The van der Waals surface area contributed by atoms with Gasteiger partial charge >= 0.3 is 0 Å². The Kier molecular flexibility index (Phi) is 3.83. The van der Waals surface area contributed by atoms with E-state index in [-0.39, 0.29) is 12.1 Å². The van der Waals surface area contributed by atoms with Gasteiger partial charge in [-0.25, -0.2) is 4.31 Å². The Morgan fingerprint density at radius 3 is 2.71 bits per heavy atom. The van der Waals surface area contributed by atoms with E-state index in [0.29, 0.717) is 5.75 Å². The predicted molar refractivity (Wildman–Crippen MR) is 76.0 cm³/mol. The number of hydrogen-bond donors (Lipinski definition) is 0. The van der Waals surface area contributed by atoms with Crippen LogP contribution in [0, 0.1) is 0 Å². The van der Waals surface area contributed by atoms with E-state index < -0.39 is 9.71 Å². The van der Waals surface area contributed by atoms with Crippen molar-refractivity contribution in [3.8, 4) is 0 Å². The topological polar surface area (TPSA) is 12.5 Å². The minimum absolute atomic E-state index is 0.0497. The zero-order valence-electron chi connectivity index (χ0n) is 10.2. The van der Waals surface area contributed by atoms with Crippen molar-refractivity contribution in [1.82, 2.24) is 4.31 Å². The molecule has 0 aromatic heterocycles. The molecule has 0 radical (unpaired) electrons. The van der Waals surface area contributed by atoms with Crippen LogP contribution in [0.5, 0.6) is 0 Å². The van der Waals surface area contributed by atoms with E-state index in [1.54, 1.807) is 0 Å². The molecular formula is C13H18ClNOS. The van der Waals surface area contributed by atoms with Gasteiger partial charge in [0.15, 0.2) is 0 Å². The van der Waals surface area contributed by atoms with Crippen LogP contribution in [0.3, 0.4) is 0 Å². The highest BCUT2D eigenvalue weighted by Crippen LogP contribution is 2.66. The molecule has 0 aliphatic carbocycles. The molecule has 0 amide bonds. The van der Waals surface area contributed by atoms with Gasteiger partial charge in [0.25, 0.3) is 0 Å². The molecule has 1 aromatic carbocycles. The fourth-order valence-electron chi connectivity index (χ4n) is 2.03. The Bertz CT molecular complexity index is 400. The maximum Gasteiger partial charge on any atom is 0.114 e. The van der Waals surface area contributed by atoms with E-state index in [1.807, 2.05) is 31.3 Å². The molecule has 2 nitrogen and oxygen atoms in total. The van der Waals surface area contributed by atoms with E-state index in [4.69, 9.17) is 14.9 Å². The summed E-state index contributed by atoms with van der Waals surface area (Å²) < 4.78 is 8.25. The maximum absolute atomic E-state index is 6.58. The van der Waals surface area contributed by atoms with Crippen molar-refractivity contribution in [1.29, 1.82) is 0 Å². The summed E-state index contributed by atoms with van der Waals surface area (Å²) in [5, 5.41) is 0. The van der Waals surface area contributed by atoms with E-state index >= 15 is 0 Å². The van der Waals surface area contributed by atoms with Crippen molar-refractivity contribution in [3.05, 3.63) is 48.6 Å². The maximum atomic E-state index is 6.58. The van der Waals surface area contributed by atoms with Crippen LogP contribution in [-0.2, 0) is 4.18 Å². The van der Waals surface area contributed by atoms with Gasteiger partial charge in [0.2, 0.25) is 0 Å². The largest absolute Gasteiger partial charge is 0.299 e. The summed E-state index contributed by atoms with van der Waals surface area (Å²) in [5.41, 5.74) is 1.19. The van der Waals surface area contributed by atoms with Crippen molar-refractivity contribution in [2.45, 2.75) is 19.1 Å². The van der Waals surface area contributed by atoms with Gasteiger partial charge in [-0.15, -0.1) is 6.58 Å². The molecule has 2 rings (SSSR count). The number of benzene rings is 1. The lowest BCUT2D eigenvalue weighted by molar-refractivity contribution is 0.220. The first-order valence-corrected chi connectivity index (χ1v) is 8.17. The molecule has 0 N–H and O–H groups in total. The van der Waals surface area contributed by atoms with Gasteiger partial charge < -0.3 is 0 Å². The lowest BCUT2D eigenvalue weighted by atomic mass is 10.0. The third kappa shape index (κ3) is 2.38. The minimum Gasteiger partial charge on any atom is -0.299 e. The highest BCUT2D eigenvalue weighted by Gasteiger charge is 2.44. The Morgan fingerprint density at radius 2 is 2.12 bits per heavy atom. The number of halogens is 1. The molecular weight excluding hydrogens is 254 g/mol. The standard InChI is InChI=1S/C13H18ClNOS/c1-4-10-17(14)15(3)11(2)13(16-17)12-8-6-5-7-9-12/h4-9,11,13H,1,10H2,2-3H3/t11?,13-/m1/s1. The molecule has 94 valence electrons. The predicted octanol–water partition coefficient (Wildman–Crippen LogP) is 4.05. The van der Waals surface area contributed by atoms with Crippen molar-refractivity contribution in [2.24, 2.45) is 0 Å². The van der Waals surface area contributed by atoms with Gasteiger partial charge in [-0.1, -0.05) is 36.4 Å². The van der Waals surface area contributed by atoms with Gasteiger partial charge in [0.05, 0.1) is 6.04 Å². The molecule has 1 aromatic rings. The first-order chi connectivity index (χ1) is 8.08. The quantitative estimate of drug-likeness (QED) is 0.769. The number of hydrogen-bond acceptors (Lipinski definition) is 2. The normalized spacial score (nSPS) is 37.6. The summed E-state index contributed by atoms with van der Waals surface area (Å²) in [6.07, 6.45) is 1.88. The van der Waals surface area contributed by atoms with Gasteiger partial charge in [-0.2, -0.15) is 0 Å². The molecule has 4 heteroatoms. The second kappa shape index (κ2) is 5.02. The minimum atomic E-state index is -1.69. The first kappa shape index (κ1) is 13.0. The average molecular weight is 272 g/mol. The third-order valence-corrected chi connectivity index (χ3v) is 6.74. The zero-order valence-corrected chi connectivity index (χ0v) is 11.7. The smallest absolute Gasteiger partial charge is 0.114 e. The highest BCUT2D eigenvalue weighted by atomic mass is 35.7. The molecule has 0 bridgehead atoms. The van der Waals surface area contributed by atoms with Crippen LogP contribution in [0.2, 0.25) is 0 Å². The molecule has 17 heavy (non-hydrogen) atoms.